The molecule has 1 N–H and O–H groups in total. The molecule has 0 bridgehead atoms. The number of rotatable bonds is 7. The largest absolute Gasteiger partial charge is 0.489 e. The number of thiazole rings is 1. The van der Waals surface area contributed by atoms with E-state index in [1.54, 1.807) is 24.4 Å². The quantitative estimate of drug-likeness (QED) is 0.296. The first-order valence-corrected chi connectivity index (χ1v) is 10.3. The Morgan fingerprint density at radius 3 is 2.77 bits per heavy atom. The lowest BCUT2D eigenvalue weighted by Crippen LogP contribution is -1.99. The Bertz CT molecular complexity index is 1250. The van der Waals surface area contributed by atoms with Gasteiger partial charge in [-0.05, 0) is 29.8 Å². The fourth-order valence-electron chi connectivity index (χ4n) is 2.81. The van der Waals surface area contributed by atoms with Crippen LogP contribution in [0.3, 0.4) is 0 Å². The molecule has 5 nitrogen and oxygen atoms in total. The minimum atomic E-state index is -0.459. The van der Waals surface area contributed by atoms with Crippen molar-refractivity contribution in [2.45, 2.75) is 6.61 Å². The van der Waals surface area contributed by atoms with Gasteiger partial charge in [-0.2, -0.15) is 10.4 Å². The van der Waals surface area contributed by atoms with Crippen LogP contribution in [0, 0.1) is 17.1 Å². The number of ether oxygens (including phenoxy) is 1. The van der Waals surface area contributed by atoms with Gasteiger partial charge in [-0.3, -0.25) is 5.43 Å². The number of nitriles is 1. The van der Waals surface area contributed by atoms with E-state index in [9.17, 15) is 4.39 Å². The van der Waals surface area contributed by atoms with Gasteiger partial charge in [0, 0.05) is 16.5 Å². The third kappa shape index (κ3) is 5.32. The van der Waals surface area contributed by atoms with Gasteiger partial charge in [0.25, 0.3) is 0 Å². The van der Waals surface area contributed by atoms with Gasteiger partial charge in [0.15, 0.2) is 0 Å². The van der Waals surface area contributed by atoms with Gasteiger partial charge in [-0.25, -0.2) is 9.37 Å². The van der Waals surface area contributed by atoms with Crippen LogP contribution >= 0.6 is 11.3 Å². The molecule has 4 aromatic rings. The maximum atomic E-state index is 14.0. The zero-order chi connectivity index (χ0) is 21.5. The molecule has 0 saturated carbocycles. The first kappa shape index (κ1) is 20.3. The Labute approximate surface area is 183 Å². The van der Waals surface area contributed by atoms with Crippen LogP contribution in [-0.4, -0.2) is 11.2 Å². The Balaban J connectivity index is 1.36. The number of halogens is 1. The molecule has 0 saturated heterocycles. The average Bonchev–Trinajstić information content (AvgIpc) is 3.28. The first-order chi connectivity index (χ1) is 15.2. The molecule has 0 atom stereocenters. The van der Waals surface area contributed by atoms with Crippen LogP contribution in [0.1, 0.15) is 16.7 Å². The van der Waals surface area contributed by atoms with Crippen LogP contribution in [0.2, 0.25) is 0 Å². The topological polar surface area (TPSA) is 70.3 Å². The smallest absolute Gasteiger partial charge is 0.203 e. The predicted octanol–water partition coefficient (Wildman–Crippen LogP) is 5.85. The summed E-state index contributed by atoms with van der Waals surface area (Å²) >= 11 is 1.48. The number of hydrazone groups is 1. The molecule has 0 spiro atoms. The van der Waals surface area contributed by atoms with Crippen molar-refractivity contribution in [3.63, 3.8) is 0 Å². The summed E-state index contributed by atoms with van der Waals surface area (Å²) in [7, 11) is 0. The van der Waals surface area contributed by atoms with E-state index in [2.05, 4.69) is 15.5 Å². The highest BCUT2D eigenvalue weighted by molar-refractivity contribution is 7.14. The Kier molecular flexibility index (Phi) is 6.31. The van der Waals surface area contributed by atoms with E-state index < -0.39 is 5.82 Å². The van der Waals surface area contributed by atoms with Crippen LogP contribution in [0.15, 0.2) is 83.3 Å². The summed E-state index contributed by atoms with van der Waals surface area (Å²) in [5.74, 6) is 0.132. The molecule has 152 valence electrons. The molecule has 7 heteroatoms. The SMILES string of the molecule is N#Cc1ccc(COc2cccc(C=NNc3nc(-c4ccccc4)cs3)c2)c(F)c1. The predicted molar refractivity (Wildman–Crippen MR) is 121 cm³/mol. The molecule has 0 unspecified atom stereocenters. The second-order valence-electron chi connectivity index (χ2n) is 6.55. The van der Waals surface area contributed by atoms with Gasteiger partial charge in [-0.1, -0.05) is 48.5 Å². The maximum Gasteiger partial charge on any atom is 0.203 e. The molecular weight excluding hydrogens is 411 g/mol. The number of hydrogen-bond donors (Lipinski definition) is 1. The summed E-state index contributed by atoms with van der Waals surface area (Å²) in [6.45, 7) is 0.0672. The normalized spacial score (nSPS) is 10.7. The standard InChI is InChI=1S/C24H17FN4OS/c25-22-12-17(13-26)9-10-20(22)15-30-21-8-4-5-18(11-21)14-27-29-24-28-23(16-31-24)19-6-2-1-3-7-19/h1-12,14,16H,15H2,(H,28,29). The summed E-state index contributed by atoms with van der Waals surface area (Å²) < 4.78 is 19.7. The van der Waals surface area contributed by atoms with E-state index in [0.29, 0.717) is 16.4 Å². The van der Waals surface area contributed by atoms with Crippen molar-refractivity contribution in [2.75, 3.05) is 5.43 Å². The van der Waals surface area contributed by atoms with Crippen molar-refractivity contribution in [1.29, 1.82) is 5.26 Å². The summed E-state index contributed by atoms with van der Waals surface area (Å²) in [6.07, 6.45) is 1.67. The number of nitrogens with zero attached hydrogens (tertiary/aromatic N) is 3. The third-order valence-electron chi connectivity index (χ3n) is 4.38. The molecule has 3 aromatic carbocycles. The summed E-state index contributed by atoms with van der Waals surface area (Å²) in [6, 6.07) is 23.5. The minimum Gasteiger partial charge on any atom is -0.489 e. The van der Waals surface area contributed by atoms with Gasteiger partial charge in [0.2, 0.25) is 5.13 Å². The van der Waals surface area contributed by atoms with Crippen molar-refractivity contribution in [3.05, 3.63) is 101 Å². The van der Waals surface area contributed by atoms with Crippen molar-refractivity contribution < 1.29 is 9.13 Å². The molecular formula is C24H17FN4OS. The highest BCUT2D eigenvalue weighted by Crippen LogP contribution is 2.24. The molecule has 0 radical (unpaired) electrons. The van der Waals surface area contributed by atoms with Crippen LogP contribution in [0.4, 0.5) is 9.52 Å². The van der Waals surface area contributed by atoms with Crippen LogP contribution in [-0.2, 0) is 6.61 Å². The zero-order valence-electron chi connectivity index (χ0n) is 16.3. The first-order valence-electron chi connectivity index (χ1n) is 9.43. The van der Waals surface area contributed by atoms with Crippen LogP contribution in [0.5, 0.6) is 5.75 Å². The fourth-order valence-corrected chi connectivity index (χ4v) is 3.48. The molecule has 4 rings (SSSR count). The van der Waals surface area contributed by atoms with Gasteiger partial charge in [0.05, 0.1) is 23.5 Å². The number of anilines is 1. The van der Waals surface area contributed by atoms with Crippen molar-refractivity contribution >= 4 is 22.7 Å². The van der Waals surface area contributed by atoms with E-state index in [1.165, 1.54) is 17.4 Å². The van der Waals surface area contributed by atoms with E-state index >= 15 is 0 Å². The van der Waals surface area contributed by atoms with Crippen LogP contribution < -0.4 is 10.2 Å². The lowest BCUT2D eigenvalue weighted by Gasteiger charge is -2.08. The molecule has 0 fully saturated rings. The van der Waals surface area contributed by atoms with E-state index in [0.717, 1.165) is 16.8 Å². The average molecular weight is 428 g/mol. The molecule has 0 aliphatic carbocycles. The highest BCUT2D eigenvalue weighted by atomic mass is 32.1. The van der Waals surface area contributed by atoms with Gasteiger partial charge >= 0.3 is 0 Å². The van der Waals surface area contributed by atoms with E-state index in [1.807, 2.05) is 60.0 Å². The second kappa shape index (κ2) is 9.65. The van der Waals surface area contributed by atoms with Gasteiger partial charge in [0.1, 0.15) is 18.2 Å². The number of hydrogen-bond acceptors (Lipinski definition) is 6. The fraction of sp³-hybridized carbons (Fsp3) is 0.0417. The monoisotopic (exact) mass is 428 g/mol. The molecule has 31 heavy (non-hydrogen) atoms. The molecule has 0 amide bonds. The van der Waals surface area contributed by atoms with Crippen molar-refractivity contribution in [2.24, 2.45) is 5.10 Å². The Hall–Kier alpha value is -4.02. The molecule has 0 aliphatic heterocycles. The Morgan fingerprint density at radius 1 is 1.10 bits per heavy atom. The molecule has 1 aromatic heterocycles. The second-order valence-corrected chi connectivity index (χ2v) is 7.41. The number of aromatic nitrogens is 1. The summed E-state index contributed by atoms with van der Waals surface area (Å²) in [5, 5.41) is 15.7. The van der Waals surface area contributed by atoms with E-state index in [-0.39, 0.29) is 12.2 Å². The molecule has 0 aliphatic rings. The lowest BCUT2D eigenvalue weighted by molar-refractivity contribution is 0.300. The highest BCUT2D eigenvalue weighted by Gasteiger charge is 2.05. The summed E-state index contributed by atoms with van der Waals surface area (Å²) in [4.78, 5) is 4.53. The number of benzene rings is 3. The Morgan fingerprint density at radius 2 is 1.97 bits per heavy atom. The third-order valence-corrected chi connectivity index (χ3v) is 5.13. The van der Waals surface area contributed by atoms with Crippen molar-refractivity contribution in [1.82, 2.24) is 4.98 Å². The van der Waals surface area contributed by atoms with Crippen LogP contribution in [0.25, 0.3) is 11.3 Å². The van der Waals surface area contributed by atoms with Gasteiger partial charge < -0.3 is 4.74 Å². The zero-order valence-corrected chi connectivity index (χ0v) is 17.1. The summed E-state index contributed by atoms with van der Waals surface area (Å²) in [5.41, 5.74) is 6.38. The maximum absolute atomic E-state index is 14.0. The van der Waals surface area contributed by atoms with Crippen molar-refractivity contribution in [3.8, 4) is 23.1 Å². The van der Waals surface area contributed by atoms with E-state index in [4.69, 9.17) is 10.00 Å². The lowest BCUT2D eigenvalue weighted by atomic mass is 10.1. The van der Waals surface area contributed by atoms with Gasteiger partial charge in [-0.15, -0.1) is 11.3 Å². The number of nitrogens with one attached hydrogen (secondary N) is 1. The minimum absolute atomic E-state index is 0.0672. The molecule has 1 heterocycles.